The topological polar surface area (TPSA) is 153 Å². The third-order valence-corrected chi connectivity index (χ3v) is 8.62. The first-order valence-electron chi connectivity index (χ1n) is 11.7. The molecule has 0 aliphatic heterocycles. The number of anilines is 1. The molecule has 202 valence electrons. The molecule has 1 aliphatic carbocycles. The number of benzene rings is 1. The summed E-state index contributed by atoms with van der Waals surface area (Å²) in [6, 6.07) is 6.94. The van der Waals surface area contributed by atoms with Gasteiger partial charge < -0.3 is 20.8 Å². The zero-order chi connectivity index (χ0) is 27.2. The van der Waals surface area contributed by atoms with Crippen LogP contribution in [0.3, 0.4) is 0 Å². The van der Waals surface area contributed by atoms with Crippen molar-refractivity contribution in [2.45, 2.75) is 50.0 Å². The lowest BCUT2D eigenvalue weighted by molar-refractivity contribution is -0.118. The van der Waals surface area contributed by atoms with Gasteiger partial charge in [-0.05, 0) is 49.8 Å². The third-order valence-electron chi connectivity index (χ3n) is 5.42. The summed E-state index contributed by atoms with van der Waals surface area (Å²) in [6.07, 6.45) is 4.98. The summed E-state index contributed by atoms with van der Waals surface area (Å²) in [5.74, 6) is -0.307. The van der Waals surface area contributed by atoms with Crippen molar-refractivity contribution < 1.29 is 23.4 Å². The molecule has 0 bridgehead atoms. The van der Waals surface area contributed by atoms with Gasteiger partial charge in [-0.25, -0.2) is 18.1 Å². The number of hydrogen-bond acceptors (Lipinski definition) is 10. The Morgan fingerprint density at radius 1 is 1.19 bits per heavy atom. The largest absolute Gasteiger partial charge is 0.395 e. The van der Waals surface area contributed by atoms with Crippen LogP contribution in [-0.2, 0) is 14.8 Å². The van der Waals surface area contributed by atoms with Gasteiger partial charge in [-0.15, -0.1) is 24.0 Å². The molecular formula is C24H33N5O5S3. The summed E-state index contributed by atoms with van der Waals surface area (Å²) >= 11 is 5.83. The highest BCUT2D eigenvalue weighted by Gasteiger charge is 2.35. The standard InChI is InChI=1S/C24H33N5O5S3/c1-14(2)26-24(35)28-17-6-4-16(5-7-17)23-25-11-21(36-23)20-9-8-18(27-15(3)32)10-22(20)37(33,34)29-19(12-30)13-31/h4-9,11,14,19,22,24,26,28-31,35H,10,12-13H2,1-3H3,(H,27,32). The van der Waals surface area contributed by atoms with E-state index in [1.165, 1.54) is 18.3 Å². The zero-order valence-electron chi connectivity index (χ0n) is 20.8. The average molecular weight is 568 g/mol. The Hall–Kier alpha value is -2.26. The summed E-state index contributed by atoms with van der Waals surface area (Å²) in [5.41, 5.74) is 2.53. The summed E-state index contributed by atoms with van der Waals surface area (Å²) in [4.78, 5) is 16.7. The molecular weight excluding hydrogens is 534 g/mol. The molecule has 2 aromatic rings. The zero-order valence-corrected chi connectivity index (χ0v) is 23.3. The smallest absolute Gasteiger partial charge is 0.220 e. The normalized spacial score (nSPS) is 16.9. The average Bonchev–Trinajstić information content (AvgIpc) is 3.32. The Morgan fingerprint density at radius 2 is 1.86 bits per heavy atom. The number of hydrogen-bond donors (Lipinski definition) is 7. The van der Waals surface area contributed by atoms with Crippen LogP contribution in [0.1, 0.15) is 32.1 Å². The molecule has 37 heavy (non-hydrogen) atoms. The van der Waals surface area contributed by atoms with Crippen LogP contribution in [0.25, 0.3) is 16.1 Å². The highest BCUT2D eigenvalue weighted by atomic mass is 32.2. The summed E-state index contributed by atoms with van der Waals surface area (Å²) in [7, 11) is -4.03. The van der Waals surface area contributed by atoms with Crippen molar-refractivity contribution in [2.75, 3.05) is 18.5 Å². The van der Waals surface area contributed by atoms with Gasteiger partial charge >= 0.3 is 0 Å². The van der Waals surface area contributed by atoms with Crippen LogP contribution < -0.4 is 20.7 Å². The number of carbonyl (C=O) groups excluding carboxylic acids is 1. The Kier molecular flexibility index (Phi) is 10.3. The molecule has 0 saturated heterocycles. The first-order valence-corrected chi connectivity index (χ1v) is 14.6. The van der Waals surface area contributed by atoms with Gasteiger partial charge in [0.15, 0.2) is 0 Å². The minimum atomic E-state index is -4.03. The number of thiol groups is 1. The molecule has 1 heterocycles. The number of aromatic nitrogens is 1. The Bertz CT molecular complexity index is 1240. The number of rotatable bonds is 12. The maximum atomic E-state index is 13.2. The molecule has 2 unspecified atom stereocenters. The number of amides is 1. The SMILES string of the molecule is CC(=O)NC1=CC=C(c2cnc(-c3ccc(NC(S)NC(C)C)cc3)s2)C(S(=O)(=O)NC(CO)CO)C1. The van der Waals surface area contributed by atoms with Gasteiger partial charge in [0.05, 0.1) is 24.1 Å². The highest BCUT2D eigenvalue weighted by molar-refractivity contribution is 7.90. The fourth-order valence-corrected chi connectivity index (χ4v) is 6.96. The molecule has 1 aromatic carbocycles. The van der Waals surface area contributed by atoms with Crippen LogP contribution >= 0.6 is 24.0 Å². The number of sulfonamides is 1. The third kappa shape index (κ3) is 8.11. The lowest BCUT2D eigenvalue weighted by Gasteiger charge is -2.26. The van der Waals surface area contributed by atoms with Crippen molar-refractivity contribution in [1.82, 2.24) is 20.3 Å². The van der Waals surface area contributed by atoms with E-state index in [0.29, 0.717) is 16.1 Å². The summed E-state index contributed by atoms with van der Waals surface area (Å²) in [6.45, 7) is 4.33. The van der Waals surface area contributed by atoms with E-state index in [1.807, 2.05) is 38.1 Å². The predicted octanol–water partition coefficient (Wildman–Crippen LogP) is 1.88. The number of allylic oxidation sites excluding steroid dienone is 3. The number of carbonyl (C=O) groups is 1. The van der Waals surface area contributed by atoms with Crippen molar-refractivity contribution >= 4 is 51.2 Å². The second-order valence-corrected chi connectivity index (χ2v) is 12.3. The molecule has 0 saturated carbocycles. The summed E-state index contributed by atoms with van der Waals surface area (Å²) < 4.78 is 28.9. The first-order chi connectivity index (χ1) is 17.5. The molecule has 6 N–H and O–H groups in total. The molecule has 13 heteroatoms. The summed E-state index contributed by atoms with van der Waals surface area (Å²) in [5, 5.41) is 27.6. The van der Waals surface area contributed by atoms with Crippen molar-refractivity contribution in [1.29, 1.82) is 0 Å². The van der Waals surface area contributed by atoms with Gasteiger partial charge in [0.2, 0.25) is 15.9 Å². The molecule has 0 radical (unpaired) electrons. The fourth-order valence-electron chi connectivity index (χ4n) is 3.72. The second-order valence-electron chi connectivity index (χ2n) is 8.89. The quantitative estimate of drug-likeness (QED) is 0.152. The van der Waals surface area contributed by atoms with Crippen LogP contribution in [0, 0.1) is 0 Å². The number of nitrogens with zero attached hydrogens (tertiary/aromatic N) is 1. The van der Waals surface area contributed by atoms with Crippen molar-refractivity contribution in [3.63, 3.8) is 0 Å². The number of aliphatic hydroxyl groups excluding tert-OH is 2. The number of thiazole rings is 1. The van der Waals surface area contributed by atoms with Crippen LogP contribution in [0.4, 0.5) is 5.69 Å². The highest BCUT2D eigenvalue weighted by Crippen LogP contribution is 2.37. The van der Waals surface area contributed by atoms with Crippen molar-refractivity contribution in [3.05, 3.63) is 53.2 Å². The monoisotopic (exact) mass is 567 g/mol. The molecule has 3 rings (SSSR count). The Balaban J connectivity index is 1.86. The molecule has 2 atom stereocenters. The van der Waals surface area contributed by atoms with Gasteiger partial charge in [-0.3, -0.25) is 10.1 Å². The van der Waals surface area contributed by atoms with Crippen LogP contribution in [0.2, 0.25) is 0 Å². The number of nitrogens with one attached hydrogen (secondary N) is 4. The van der Waals surface area contributed by atoms with Crippen molar-refractivity contribution in [2.24, 2.45) is 0 Å². The van der Waals surface area contributed by atoms with Gasteiger partial charge in [0, 0.05) is 42.5 Å². The molecule has 0 spiro atoms. The molecule has 1 amide bonds. The van der Waals surface area contributed by atoms with E-state index in [2.05, 4.69) is 38.3 Å². The molecule has 0 fully saturated rings. The molecule has 1 aliphatic rings. The van der Waals surface area contributed by atoms with Crippen LogP contribution in [0.15, 0.2) is 48.3 Å². The van der Waals surface area contributed by atoms with E-state index in [4.69, 9.17) is 0 Å². The van der Waals surface area contributed by atoms with E-state index >= 15 is 0 Å². The second kappa shape index (κ2) is 13.0. The fraction of sp³-hybridized carbons (Fsp3) is 0.417. The van der Waals surface area contributed by atoms with Crippen LogP contribution in [0.5, 0.6) is 0 Å². The maximum absolute atomic E-state index is 13.2. The van der Waals surface area contributed by atoms with Crippen LogP contribution in [-0.4, -0.2) is 65.6 Å². The lowest BCUT2D eigenvalue weighted by atomic mass is 10.0. The van der Waals surface area contributed by atoms with E-state index in [0.717, 1.165) is 16.3 Å². The Morgan fingerprint density at radius 3 is 2.46 bits per heavy atom. The number of aliphatic hydroxyl groups is 2. The van der Waals surface area contributed by atoms with Gasteiger partial charge in [-0.2, -0.15) is 0 Å². The Labute approximate surface area is 226 Å². The van der Waals surface area contributed by atoms with E-state index in [9.17, 15) is 23.4 Å². The van der Waals surface area contributed by atoms with Gasteiger partial charge in [0.1, 0.15) is 15.8 Å². The molecule has 10 nitrogen and oxygen atoms in total. The minimum Gasteiger partial charge on any atom is -0.395 e. The predicted molar refractivity (Wildman–Crippen MR) is 151 cm³/mol. The van der Waals surface area contributed by atoms with E-state index < -0.39 is 34.5 Å². The lowest BCUT2D eigenvalue weighted by Crippen LogP contribution is -2.46. The van der Waals surface area contributed by atoms with E-state index in [1.54, 1.807) is 18.3 Å². The van der Waals surface area contributed by atoms with Gasteiger partial charge in [0.25, 0.3) is 0 Å². The first kappa shape index (κ1) is 29.3. The maximum Gasteiger partial charge on any atom is 0.220 e. The van der Waals surface area contributed by atoms with Gasteiger partial charge in [-0.1, -0.05) is 6.08 Å². The van der Waals surface area contributed by atoms with E-state index in [-0.39, 0.29) is 23.9 Å². The minimum absolute atomic E-state index is 0.0211. The van der Waals surface area contributed by atoms with Crippen molar-refractivity contribution in [3.8, 4) is 10.6 Å². The molecule has 1 aromatic heterocycles.